The van der Waals surface area contributed by atoms with Crippen molar-refractivity contribution in [3.63, 3.8) is 0 Å². The number of pyridine rings is 1. The largest absolute Gasteiger partial charge is 0.391 e. The Morgan fingerprint density at radius 1 is 1.21 bits per heavy atom. The van der Waals surface area contributed by atoms with Crippen molar-refractivity contribution < 1.29 is 15.0 Å². The Morgan fingerprint density at radius 3 is 2.39 bits per heavy atom. The summed E-state index contributed by atoms with van der Waals surface area (Å²) in [4.78, 5) is 17.0. The van der Waals surface area contributed by atoms with Crippen LogP contribution in [0, 0.1) is 0 Å². The van der Waals surface area contributed by atoms with E-state index in [4.69, 9.17) is 5.73 Å². The molecule has 0 aliphatic carbocycles. The minimum Gasteiger partial charge on any atom is -0.391 e. The predicted octanol–water partition coefficient (Wildman–Crippen LogP) is 3.47. The first-order chi connectivity index (χ1) is 13.0. The van der Waals surface area contributed by atoms with Crippen molar-refractivity contribution in [2.45, 2.75) is 38.8 Å². The van der Waals surface area contributed by atoms with E-state index in [0.29, 0.717) is 21.5 Å². The fourth-order valence-corrected chi connectivity index (χ4v) is 4.05. The van der Waals surface area contributed by atoms with E-state index in [1.165, 1.54) is 30.0 Å². The van der Waals surface area contributed by atoms with Crippen LogP contribution in [0.25, 0.3) is 20.5 Å². The molecule has 1 unspecified atom stereocenters. The molecule has 1 amide bonds. The number of nitrogens with zero attached hydrogens (tertiary/aromatic N) is 1. The van der Waals surface area contributed by atoms with Gasteiger partial charge in [0.15, 0.2) is 5.72 Å². The van der Waals surface area contributed by atoms with E-state index in [9.17, 15) is 15.0 Å². The third-order valence-electron chi connectivity index (χ3n) is 4.55. The molecule has 0 fully saturated rings. The smallest absolute Gasteiger partial charge is 0.251 e. The third kappa shape index (κ3) is 4.01. The number of rotatable bonds is 5. The molecule has 6 nitrogen and oxygen atoms in total. The molecule has 3 aromatic rings. The Morgan fingerprint density at radius 2 is 1.86 bits per heavy atom. The second kappa shape index (κ2) is 7.16. The number of hydrogen-bond donors (Lipinski definition) is 4. The molecule has 0 aliphatic rings. The monoisotopic (exact) mass is 399 g/mol. The fourth-order valence-electron chi connectivity index (χ4n) is 2.87. The summed E-state index contributed by atoms with van der Waals surface area (Å²) in [6, 6.07) is 10.2. The number of primary amides is 1. The first kappa shape index (κ1) is 20.3. The average Bonchev–Trinajstić information content (AvgIpc) is 3.06. The number of carbonyl (C=O) groups excluding carboxylic acids is 1. The van der Waals surface area contributed by atoms with Gasteiger partial charge in [-0.2, -0.15) is 0 Å². The van der Waals surface area contributed by atoms with E-state index in [2.05, 4.69) is 55.3 Å². The summed E-state index contributed by atoms with van der Waals surface area (Å²) >= 11 is 1.44. The molecule has 148 valence electrons. The van der Waals surface area contributed by atoms with Gasteiger partial charge in [0.05, 0.1) is 16.9 Å². The van der Waals surface area contributed by atoms with Crippen LogP contribution < -0.4 is 11.1 Å². The topological polar surface area (TPSA) is 108 Å². The quantitative estimate of drug-likeness (QED) is 0.491. The van der Waals surface area contributed by atoms with Crippen molar-refractivity contribution in [3.8, 4) is 10.4 Å². The zero-order valence-corrected chi connectivity index (χ0v) is 17.2. The molecule has 0 aliphatic heterocycles. The van der Waals surface area contributed by atoms with Gasteiger partial charge in [-0.3, -0.25) is 4.79 Å². The van der Waals surface area contributed by atoms with Crippen LogP contribution in [-0.2, 0) is 5.41 Å². The highest BCUT2D eigenvalue weighted by Crippen LogP contribution is 2.39. The molecule has 7 heteroatoms. The van der Waals surface area contributed by atoms with Crippen molar-refractivity contribution in [1.29, 1.82) is 0 Å². The maximum absolute atomic E-state index is 11.8. The van der Waals surface area contributed by atoms with Gasteiger partial charge < -0.3 is 21.3 Å². The molecular weight excluding hydrogens is 374 g/mol. The molecule has 0 saturated heterocycles. The first-order valence-corrected chi connectivity index (χ1v) is 9.78. The van der Waals surface area contributed by atoms with Gasteiger partial charge in [0.2, 0.25) is 0 Å². The van der Waals surface area contributed by atoms with Crippen molar-refractivity contribution in [3.05, 3.63) is 47.7 Å². The maximum Gasteiger partial charge on any atom is 0.251 e. The van der Waals surface area contributed by atoms with Crippen LogP contribution >= 0.6 is 11.3 Å². The lowest BCUT2D eigenvalue weighted by Crippen LogP contribution is -2.38. The van der Waals surface area contributed by atoms with Gasteiger partial charge in [-0.15, -0.1) is 11.3 Å². The van der Waals surface area contributed by atoms with Gasteiger partial charge >= 0.3 is 0 Å². The lowest BCUT2D eigenvalue weighted by atomic mass is 9.86. The molecule has 0 saturated carbocycles. The molecule has 2 aromatic heterocycles. The van der Waals surface area contributed by atoms with Gasteiger partial charge in [0, 0.05) is 16.5 Å². The van der Waals surface area contributed by atoms with E-state index in [1.807, 2.05) is 6.07 Å². The van der Waals surface area contributed by atoms with Crippen molar-refractivity contribution in [2.24, 2.45) is 5.73 Å². The van der Waals surface area contributed by atoms with Gasteiger partial charge in [-0.25, -0.2) is 4.98 Å². The SMILES string of the molecule is CC(O)(CO)Nc1ncc(C(N)=O)c2sc(-c3ccc(C(C)(C)C)cc3)cc12. The molecule has 0 spiro atoms. The Bertz CT molecular complexity index is 1020. The second-order valence-electron chi connectivity index (χ2n) is 8.12. The number of hydrogen-bond acceptors (Lipinski definition) is 6. The average molecular weight is 400 g/mol. The highest BCUT2D eigenvalue weighted by molar-refractivity contribution is 7.22. The molecule has 0 bridgehead atoms. The number of aliphatic hydroxyl groups excluding tert-OH is 1. The molecule has 0 radical (unpaired) electrons. The van der Waals surface area contributed by atoms with Crippen LogP contribution in [-0.4, -0.2) is 33.4 Å². The molecule has 3 rings (SSSR count). The number of thiophene rings is 1. The highest BCUT2D eigenvalue weighted by Gasteiger charge is 2.23. The van der Waals surface area contributed by atoms with Crippen molar-refractivity contribution >= 4 is 33.1 Å². The van der Waals surface area contributed by atoms with Crippen LogP contribution in [0.1, 0.15) is 43.6 Å². The van der Waals surface area contributed by atoms with Crippen LogP contribution in [0.15, 0.2) is 36.5 Å². The maximum atomic E-state index is 11.8. The number of amides is 1. The Labute approximate surface area is 168 Å². The summed E-state index contributed by atoms with van der Waals surface area (Å²) in [5.41, 5.74) is 6.62. The van der Waals surface area contributed by atoms with Gasteiger partial charge in [-0.05, 0) is 29.5 Å². The van der Waals surface area contributed by atoms with Gasteiger partial charge in [-0.1, -0.05) is 45.0 Å². The molecule has 2 heterocycles. The summed E-state index contributed by atoms with van der Waals surface area (Å²) in [5, 5.41) is 23.0. The van der Waals surface area contributed by atoms with Crippen LogP contribution in [0.2, 0.25) is 0 Å². The summed E-state index contributed by atoms with van der Waals surface area (Å²) in [7, 11) is 0. The standard InChI is InChI=1S/C21H25N3O3S/c1-20(2,3)13-7-5-12(6-8-13)16-9-14-17(28-16)15(18(22)26)10-23-19(14)24-21(4,27)11-25/h5-10,25,27H,11H2,1-4H3,(H2,22,26)(H,23,24). The predicted molar refractivity (Wildman–Crippen MR) is 114 cm³/mol. The molecule has 1 atom stereocenters. The van der Waals surface area contributed by atoms with E-state index >= 15 is 0 Å². The normalized spacial score (nSPS) is 14.1. The minimum atomic E-state index is -1.54. The molecule has 28 heavy (non-hydrogen) atoms. The summed E-state index contributed by atoms with van der Waals surface area (Å²) in [5.74, 6) is -0.178. The first-order valence-electron chi connectivity index (χ1n) is 8.96. The third-order valence-corrected chi connectivity index (χ3v) is 5.77. The molecular formula is C21H25N3O3S. The summed E-state index contributed by atoms with van der Waals surface area (Å²) in [6.07, 6.45) is 1.39. The Kier molecular flexibility index (Phi) is 5.18. The van der Waals surface area contributed by atoms with E-state index in [-0.39, 0.29) is 5.41 Å². The Balaban J connectivity index is 2.12. The number of benzene rings is 1. The molecule has 1 aromatic carbocycles. The lowest BCUT2D eigenvalue weighted by Gasteiger charge is -2.23. The fraction of sp³-hybridized carbons (Fsp3) is 0.333. The minimum absolute atomic E-state index is 0.0642. The Hall–Kier alpha value is -2.48. The highest BCUT2D eigenvalue weighted by atomic mass is 32.1. The number of nitrogens with one attached hydrogen (secondary N) is 1. The van der Waals surface area contributed by atoms with Crippen molar-refractivity contribution in [1.82, 2.24) is 4.98 Å². The van der Waals surface area contributed by atoms with Gasteiger partial charge in [0.1, 0.15) is 5.82 Å². The summed E-state index contributed by atoms with van der Waals surface area (Å²) in [6.45, 7) is 7.45. The number of anilines is 1. The number of fused-ring (bicyclic) bond motifs is 1. The zero-order valence-electron chi connectivity index (χ0n) is 16.4. The summed E-state index contributed by atoms with van der Waals surface area (Å²) < 4.78 is 0.689. The van der Waals surface area contributed by atoms with Gasteiger partial charge in [0.25, 0.3) is 5.91 Å². The molecule has 5 N–H and O–H groups in total. The number of nitrogens with two attached hydrogens (primary N) is 1. The van der Waals surface area contributed by atoms with Crippen LogP contribution in [0.5, 0.6) is 0 Å². The number of carbonyl (C=O) groups is 1. The second-order valence-corrected chi connectivity index (χ2v) is 9.17. The number of aromatic nitrogens is 1. The van der Waals surface area contributed by atoms with E-state index in [1.54, 1.807) is 0 Å². The zero-order chi connectivity index (χ0) is 20.7. The van der Waals surface area contributed by atoms with E-state index in [0.717, 1.165) is 10.4 Å². The van der Waals surface area contributed by atoms with Crippen molar-refractivity contribution in [2.75, 3.05) is 11.9 Å². The lowest BCUT2D eigenvalue weighted by molar-refractivity contribution is 0.0262. The van der Waals surface area contributed by atoms with Crippen LogP contribution in [0.4, 0.5) is 5.82 Å². The van der Waals surface area contributed by atoms with E-state index < -0.39 is 18.2 Å². The van der Waals surface area contributed by atoms with Crippen LogP contribution in [0.3, 0.4) is 0 Å². The number of aliphatic hydroxyl groups is 2.